The van der Waals surface area contributed by atoms with Crippen molar-refractivity contribution in [1.29, 1.82) is 0 Å². The molecule has 4 heterocycles. The summed E-state index contributed by atoms with van der Waals surface area (Å²) in [6, 6.07) is 3.84. The number of cyclic esters (lactones) is 1. The highest BCUT2D eigenvalue weighted by atomic mass is 32.1. The molecular weight excluding hydrogens is 434 g/mol. The Kier molecular flexibility index (Phi) is 6.52. The number of piperazine rings is 1. The van der Waals surface area contributed by atoms with E-state index in [4.69, 9.17) is 29.2 Å². The van der Waals surface area contributed by atoms with Crippen molar-refractivity contribution in [1.82, 2.24) is 25.2 Å². The smallest absolute Gasteiger partial charge is 0.414 e. The molecule has 0 aromatic carbocycles. The SMILES string of the molecule is CC(=S)NCC1CN(c2ccc(N3CCN(C(=S)c4cnccn4)CC3)nc2)C(=O)O1. The molecule has 31 heavy (non-hydrogen) atoms. The highest BCUT2D eigenvalue weighted by molar-refractivity contribution is 7.80. The van der Waals surface area contributed by atoms with Gasteiger partial charge in [0, 0.05) is 38.6 Å². The Bertz CT molecular complexity index is 950. The molecule has 2 saturated heterocycles. The maximum Gasteiger partial charge on any atom is 0.414 e. The molecule has 1 N–H and O–H groups in total. The number of aromatic nitrogens is 3. The van der Waals surface area contributed by atoms with Gasteiger partial charge in [-0.25, -0.2) is 9.78 Å². The first-order valence-corrected chi connectivity index (χ1v) is 10.8. The first-order valence-electron chi connectivity index (χ1n) is 10.00. The van der Waals surface area contributed by atoms with Crippen LogP contribution in [0, 0.1) is 0 Å². The van der Waals surface area contributed by atoms with Gasteiger partial charge in [0.25, 0.3) is 0 Å². The van der Waals surface area contributed by atoms with Crippen molar-refractivity contribution in [3.05, 3.63) is 42.6 Å². The van der Waals surface area contributed by atoms with Gasteiger partial charge in [-0.3, -0.25) is 14.9 Å². The van der Waals surface area contributed by atoms with Crippen molar-refractivity contribution in [2.75, 3.05) is 49.1 Å². The largest absolute Gasteiger partial charge is 0.442 e. The predicted octanol–water partition coefficient (Wildman–Crippen LogP) is 1.63. The van der Waals surface area contributed by atoms with Gasteiger partial charge in [-0.2, -0.15) is 0 Å². The minimum atomic E-state index is -0.366. The minimum Gasteiger partial charge on any atom is -0.442 e. The van der Waals surface area contributed by atoms with Crippen LogP contribution in [-0.2, 0) is 4.74 Å². The van der Waals surface area contributed by atoms with Gasteiger partial charge in [0.05, 0.1) is 36.2 Å². The number of hydrogen-bond donors (Lipinski definition) is 1. The van der Waals surface area contributed by atoms with Crippen LogP contribution in [0.25, 0.3) is 0 Å². The Morgan fingerprint density at radius 1 is 1.16 bits per heavy atom. The number of thiocarbonyl (C=S) groups is 2. The standard InChI is InChI=1S/C20H23N7O2S2/c1-14(30)23-11-16-13-27(20(28)29-16)15-2-3-18(24-10-15)25-6-8-26(9-7-25)19(31)17-12-21-4-5-22-17/h2-5,10,12,16H,6-9,11,13H2,1H3,(H,23,30). The molecule has 2 fully saturated rings. The lowest BCUT2D eigenvalue weighted by Crippen LogP contribution is -2.48. The Morgan fingerprint density at radius 2 is 1.97 bits per heavy atom. The quantitative estimate of drug-likeness (QED) is 0.669. The van der Waals surface area contributed by atoms with Crippen LogP contribution < -0.4 is 15.1 Å². The normalized spacial score (nSPS) is 18.7. The molecule has 9 nitrogen and oxygen atoms in total. The third-order valence-corrected chi connectivity index (χ3v) is 5.78. The number of carbonyl (C=O) groups is 1. The topological polar surface area (TPSA) is 86.7 Å². The van der Waals surface area contributed by atoms with Crippen LogP contribution in [-0.4, -0.2) is 81.3 Å². The van der Waals surface area contributed by atoms with Crippen LogP contribution >= 0.6 is 24.4 Å². The first kappa shape index (κ1) is 21.3. The van der Waals surface area contributed by atoms with Gasteiger partial charge in [-0.15, -0.1) is 0 Å². The molecule has 11 heteroatoms. The van der Waals surface area contributed by atoms with E-state index in [0.29, 0.717) is 18.1 Å². The van der Waals surface area contributed by atoms with E-state index in [-0.39, 0.29) is 12.2 Å². The number of amides is 1. The number of rotatable bonds is 5. The van der Waals surface area contributed by atoms with Crippen molar-refractivity contribution in [2.45, 2.75) is 13.0 Å². The van der Waals surface area contributed by atoms with E-state index in [1.807, 2.05) is 12.1 Å². The molecule has 1 atom stereocenters. The number of carbonyl (C=O) groups excluding carboxylic acids is 1. The lowest BCUT2D eigenvalue weighted by Gasteiger charge is -2.36. The number of anilines is 2. The lowest BCUT2D eigenvalue weighted by molar-refractivity contribution is 0.143. The second-order valence-electron chi connectivity index (χ2n) is 7.30. The third kappa shape index (κ3) is 5.05. The zero-order valence-electron chi connectivity index (χ0n) is 17.1. The molecule has 2 aromatic heterocycles. The van der Waals surface area contributed by atoms with Gasteiger partial charge in [-0.1, -0.05) is 24.4 Å². The second kappa shape index (κ2) is 9.48. The molecule has 0 aliphatic carbocycles. The third-order valence-electron chi connectivity index (χ3n) is 5.17. The Hall–Kier alpha value is -2.92. The lowest BCUT2D eigenvalue weighted by atomic mass is 10.2. The maximum atomic E-state index is 12.2. The molecule has 0 saturated carbocycles. The summed E-state index contributed by atoms with van der Waals surface area (Å²) in [7, 11) is 0. The molecule has 0 bridgehead atoms. The van der Waals surface area contributed by atoms with Crippen molar-refractivity contribution in [2.24, 2.45) is 0 Å². The van der Waals surface area contributed by atoms with E-state index in [9.17, 15) is 4.79 Å². The summed E-state index contributed by atoms with van der Waals surface area (Å²) in [4.78, 5) is 32.5. The molecule has 1 amide bonds. The molecule has 0 spiro atoms. The monoisotopic (exact) mass is 457 g/mol. The maximum absolute atomic E-state index is 12.2. The number of hydrogen-bond acceptors (Lipinski definition) is 8. The van der Waals surface area contributed by atoms with E-state index in [1.54, 1.807) is 36.6 Å². The molecule has 2 aromatic rings. The molecule has 2 aliphatic rings. The van der Waals surface area contributed by atoms with Gasteiger partial charge in [0.15, 0.2) is 0 Å². The van der Waals surface area contributed by atoms with Crippen LogP contribution in [0.2, 0.25) is 0 Å². The summed E-state index contributed by atoms with van der Waals surface area (Å²) in [5.74, 6) is 0.871. The highest BCUT2D eigenvalue weighted by Crippen LogP contribution is 2.23. The van der Waals surface area contributed by atoms with Gasteiger partial charge >= 0.3 is 6.09 Å². The average molecular weight is 458 g/mol. The Labute approximate surface area is 191 Å². The predicted molar refractivity (Wildman–Crippen MR) is 126 cm³/mol. The van der Waals surface area contributed by atoms with Crippen LogP contribution in [0.15, 0.2) is 36.9 Å². The Morgan fingerprint density at radius 3 is 2.61 bits per heavy atom. The van der Waals surface area contributed by atoms with E-state index < -0.39 is 0 Å². The number of ether oxygens (including phenoxy) is 1. The zero-order valence-corrected chi connectivity index (χ0v) is 18.7. The zero-order chi connectivity index (χ0) is 21.8. The van der Waals surface area contributed by atoms with Crippen molar-refractivity contribution in [3.8, 4) is 0 Å². The molecular formula is C20H23N7O2S2. The van der Waals surface area contributed by atoms with E-state index >= 15 is 0 Å². The van der Waals surface area contributed by atoms with E-state index in [2.05, 4.69) is 30.1 Å². The molecule has 4 rings (SSSR count). The van der Waals surface area contributed by atoms with Crippen LogP contribution in [0.1, 0.15) is 12.6 Å². The van der Waals surface area contributed by atoms with Gasteiger partial charge in [0.2, 0.25) is 0 Å². The number of nitrogens with one attached hydrogen (secondary N) is 1. The fourth-order valence-electron chi connectivity index (χ4n) is 3.53. The molecule has 0 radical (unpaired) electrons. The van der Waals surface area contributed by atoms with Gasteiger partial charge in [-0.05, 0) is 19.1 Å². The minimum absolute atomic E-state index is 0.240. The summed E-state index contributed by atoms with van der Waals surface area (Å²) in [5.41, 5.74) is 1.44. The van der Waals surface area contributed by atoms with Crippen LogP contribution in [0.4, 0.5) is 16.3 Å². The van der Waals surface area contributed by atoms with Crippen molar-refractivity contribution >= 4 is 52.0 Å². The van der Waals surface area contributed by atoms with Crippen LogP contribution in [0.5, 0.6) is 0 Å². The molecule has 1 unspecified atom stereocenters. The van der Waals surface area contributed by atoms with Gasteiger partial charge in [0.1, 0.15) is 22.6 Å². The van der Waals surface area contributed by atoms with Crippen molar-refractivity contribution < 1.29 is 9.53 Å². The summed E-state index contributed by atoms with van der Waals surface area (Å²) in [5, 5.41) is 3.04. The van der Waals surface area contributed by atoms with Crippen molar-refractivity contribution in [3.63, 3.8) is 0 Å². The average Bonchev–Trinajstić information content (AvgIpc) is 3.18. The highest BCUT2D eigenvalue weighted by Gasteiger charge is 2.32. The van der Waals surface area contributed by atoms with E-state index in [0.717, 1.165) is 48.4 Å². The Balaban J connectivity index is 1.32. The second-order valence-corrected chi connectivity index (χ2v) is 8.30. The number of nitrogens with zero attached hydrogens (tertiary/aromatic N) is 6. The fourth-order valence-corrected chi connectivity index (χ4v) is 3.90. The summed E-state index contributed by atoms with van der Waals surface area (Å²) < 4.78 is 5.40. The van der Waals surface area contributed by atoms with Gasteiger partial charge < -0.3 is 19.9 Å². The summed E-state index contributed by atoms with van der Waals surface area (Å²) in [6.45, 7) is 5.93. The van der Waals surface area contributed by atoms with E-state index in [1.165, 1.54) is 0 Å². The number of pyridine rings is 1. The molecule has 2 aliphatic heterocycles. The summed E-state index contributed by atoms with van der Waals surface area (Å²) in [6.07, 6.45) is 6.09. The first-order chi connectivity index (χ1) is 15.0. The fraction of sp³-hybridized carbons (Fsp3) is 0.400. The van der Waals surface area contributed by atoms with Crippen LogP contribution in [0.3, 0.4) is 0 Å². The molecule has 162 valence electrons. The summed E-state index contributed by atoms with van der Waals surface area (Å²) >= 11 is 10.6.